The van der Waals surface area contributed by atoms with Gasteiger partial charge in [-0.15, -0.1) is 0 Å². The molecule has 1 rings (SSSR count). The number of rotatable bonds is 9. The maximum Gasteiger partial charge on any atom is 0.236 e. The molecule has 1 aliphatic carbocycles. The van der Waals surface area contributed by atoms with E-state index in [0.29, 0.717) is 24.4 Å². The molecule has 112 valence electrons. The van der Waals surface area contributed by atoms with E-state index in [0.717, 1.165) is 12.2 Å². The van der Waals surface area contributed by atoms with Crippen LogP contribution in [0.5, 0.6) is 0 Å². The first-order valence-corrected chi connectivity index (χ1v) is 8.38. The molecule has 0 aromatic rings. The third kappa shape index (κ3) is 6.15. The van der Waals surface area contributed by atoms with Crippen molar-refractivity contribution in [1.82, 2.24) is 10.6 Å². The van der Waals surface area contributed by atoms with E-state index in [4.69, 9.17) is 4.74 Å². The summed E-state index contributed by atoms with van der Waals surface area (Å²) in [6.45, 7) is 5.54. The van der Waals surface area contributed by atoms with E-state index in [2.05, 4.69) is 17.6 Å². The first kappa shape index (κ1) is 16.8. The van der Waals surface area contributed by atoms with Crippen LogP contribution in [-0.2, 0) is 9.53 Å². The molecule has 1 saturated carbocycles. The summed E-state index contributed by atoms with van der Waals surface area (Å²) in [6, 6.07) is 0.385. The van der Waals surface area contributed by atoms with Gasteiger partial charge in [0.1, 0.15) is 0 Å². The molecule has 3 atom stereocenters. The highest BCUT2D eigenvalue weighted by atomic mass is 32.2. The number of ether oxygens (including phenoxy) is 1. The largest absolute Gasteiger partial charge is 0.385 e. The van der Waals surface area contributed by atoms with Gasteiger partial charge in [-0.2, -0.15) is 11.8 Å². The molecule has 0 aliphatic heterocycles. The lowest BCUT2D eigenvalue weighted by Gasteiger charge is -2.24. The number of methoxy groups -OCH3 is 1. The van der Waals surface area contributed by atoms with Crippen LogP contribution in [-0.4, -0.2) is 49.3 Å². The molecule has 2 N–H and O–H groups in total. The van der Waals surface area contributed by atoms with E-state index in [9.17, 15) is 4.79 Å². The monoisotopic (exact) mass is 288 g/mol. The maximum absolute atomic E-state index is 11.9. The number of hydrogen-bond acceptors (Lipinski definition) is 4. The Morgan fingerprint density at radius 2 is 2.26 bits per heavy atom. The Balaban J connectivity index is 2.24. The molecule has 1 fully saturated rings. The Labute approximate surface area is 121 Å². The van der Waals surface area contributed by atoms with Gasteiger partial charge in [0.2, 0.25) is 5.91 Å². The lowest BCUT2D eigenvalue weighted by atomic mass is 10.2. The topological polar surface area (TPSA) is 50.4 Å². The highest BCUT2D eigenvalue weighted by Crippen LogP contribution is 2.30. The number of thioether (sulfide) groups is 1. The molecule has 3 unspecified atom stereocenters. The highest BCUT2D eigenvalue weighted by molar-refractivity contribution is 7.99. The molecule has 19 heavy (non-hydrogen) atoms. The Bertz CT molecular complexity index is 264. The van der Waals surface area contributed by atoms with Gasteiger partial charge in [0.05, 0.1) is 6.04 Å². The number of carbonyl (C=O) groups excluding carboxylic acids is 1. The fourth-order valence-corrected chi connectivity index (χ4v) is 3.72. The second-order valence-electron chi connectivity index (χ2n) is 5.06. The van der Waals surface area contributed by atoms with E-state index in [-0.39, 0.29) is 11.9 Å². The van der Waals surface area contributed by atoms with Gasteiger partial charge in [0, 0.05) is 31.6 Å². The normalized spacial score (nSPS) is 24.4. The van der Waals surface area contributed by atoms with Crippen molar-refractivity contribution >= 4 is 17.7 Å². The minimum Gasteiger partial charge on any atom is -0.385 e. The van der Waals surface area contributed by atoms with E-state index < -0.39 is 0 Å². The summed E-state index contributed by atoms with van der Waals surface area (Å²) in [6.07, 6.45) is 4.61. The summed E-state index contributed by atoms with van der Waals surface area (Å²) >= 11 is 2.01. The molecule has 0 saturated heterocycles. The molecule has 1 amide bonds. The molecule has 0 bridgehead atoms. The molecule has 4 nitrogen and oxygen atoms in total. The average molecular weight is 288 g/mol. The van der Waals surface area contributed by atoms with Crippen molar-refractivity contribution in [2.24, 2.45) is 0 Å². The van der Waals surface area contributed by atoms with Crippen molar-refractivity contribution < 1.29 is 9.53 Å². The number of nitrogens with one attached hydrogen (secondary N) is 2. The van der Waals surface area contributed by atoms with Crippen LogP contribution in [0.1, 0.15) is 39.5 Å². The van der Waals surface area contributed by atoms with Gasteiger partial charge < -0.3 is 15.4 Å². The third-order valence-corrected chi connectivity index (χ3v) is 4.84. The minimum absolute atomic E-state index is 0.100. The van der Waals surface area contributed by atoms with Crippen molar-refractivity contribution in [3.8, 4) is 0 Å². The summed E-state index contributed by atoms with van der Waals surface area (Å²) in [5.74, 6) is 1.25. The van der Waals surface area contributed by atoms with E-state index in [1.807, 2.05) is 18.7 Å². The summed E-state index contributed by atoms with van der Waals surface area (Å²) in [7, 11) is 1.68. The van der Waals surface area contributed by atoms with Crippen molar-refractivity contribution in [2.45, 2.75) is 56.9 Å². The molecule has 0 aromatic heterocycles. The number of carbonyl (C=O) groups is 1. The van der Waals surface area contributed by atoms with Gasteiger partial charge in [-0.05, 0) is 31.9 Å². The van der Waals surface area contributed by atoms with Crippen LogP contribution in [0, 0.1) is 0 Å². The Morgan fingerprint density at radius 3 is 2.95 bits per heavy atom. The lowest BCUT2D eigenvalue weighted by molar-refractivity contribution is -0.122. The van der Waals surface area contributed by atoms with Crippen LogP contribution in [0.15, 0.2) is 0 Å². The van der Waals surface area contributed by atoms with Crippen LogP contribution in [0.3, 0.4) is 0 Å². The zero-order chi connectivity index (χ0) is 14.1. The molecule has 1 aliphatic rings. The van der Waals surface area contributed by atoms with Crippen molar-refractivity contribution in [1.29, 1.82) is 0 Å². The van der Waals surface area contributed by atoms with Gasteiger partial charge in [-0.3, -0.25) is 4.79 Å². The fourth-order valence-electron chi connectivity index (χ4n) is 2.51. The lowest BCUT2D eigenvalue weighted by Crippen LogP contribution is -2.48. The molecule has 5 heteroatoms. The van der Waals surface area contributed by atoms with Crippen molar-refractivity contribution in [2.75, 3.05) is 26.0 Å². The SMILES string of the molecule is CCSC1CCCC1NC(C)C(=O)NCCCOC. The quantitative estimate of drug-likeness (QED) is 0.635. The summed E-state index contributed by atoms with van der Waals surface area (Å²) in [5, 5.41) is 7.11. The molecular weight excluding hydrogens is 260 g/mol. The Morgan fingerprint density at radius 1 is 1.47 bits per heavy atom. The number of hydrogen-bond donors (Lipinski definition) is 2. The molecular formula is C14H28N2O2S. The Kier molecular flexibility index (Phi) is 8.50. The summed E-state index contributed by atoms with van der Waals surface area (Å²) in [5.41, 5.74) is 0. The Hall–Kier alpha value is -0.260. The number of amides is 1. The van der Waals surface area contributed by atoms with Crippen LogP contribution in [0.4, 0.5) is 0 Å². The van der Waals surface area contributed by atoms with Gasteiger partial charge in [0.15, 0.2) is 0 Å². The standard InChI is InChI=1S/C14H28N2O2S/c1-4-19-13-8-5-7-12(13)16-11(2)14(17)15-9-6-10-18-3/h11-13,16H,4-10H2,1-3H3,(H,15,17). The van der Waals surface area contributed by atoms with E-state index >= 15 is 0 Å². The summed E-state index contributed by atoms with van der Waals surface area (Å²) in [4.78, 5) is 11.9. The van der Waals surface area contributed by atoms with Gasteiger partial charge in [0.25, 0.3) is 0 Å². The predicted molar refractivity (Wildman–Crippen MR) is 81.7 cm³/mol. The molecule has 0 spiro atoms. The molecule has 0 aromatic carbocycles. The summed E-state index contributed by atoms with van der Waals surface area (Å²) < 4.78 is 4.96. The van der Waals surface area contributed by atoms with Crippen LogP contribution < -0.4 is 10.6 Å². The fraction of sp³-hybridized carbons (Fsp3) is 0.929. The zero-order valence-corrected chi connectivity index (χ0v) is 13.2. The van der Waals surface area contributed by atoms with E-state index in [1.165, 1.54) is 19.3 Å². The van der Waals surface area contributed by atoms with Crippen molar-refractivity contribution in [3.63, 3.8) is 0 Å². The highest BCUT2D eigenvalue weighted by Gasteiger charge is 2.29. The second-order valence-corrected chi connectivity index (χ2v) is 6.57. The van der Waals surface area contributed by atoms with Crippen LogP contribution in [0.2, 0.25) is 0 Å². The zero-order valence-electron chi connectivity index (χ0n) is 12.4. The molecule has 0 heterocycles. The minimum atomic E-state index is -0.106. The average Bonchev–Trinajstić information content (AvgIpc) is 2.82. The van der Waals surface area contributed by atoms with Gasteiger partial charge >= 0.3 is 0 Å². The van der Waals surface area contributed by atoms with Gasteiger partial charge in [-0.25, -0.2) is 0 Å². The van der Waals surface area contributed by atoms with Crippen LogP contribution in [0.25, 0.3) is 0 Å². The van der Waals surface area contributed by atoms with E-state index in [1.54, 1.807) is 7.11 Å². The first-order valence-electron chi connectivity index (χ1n) is 7.33. The third-order valence-electron chi connectivity index (χ3n) is 3.52. The van der Waals surface area contributed by atoms with Crippen molar-refractivity contribution in [3.05, 3.63) is 0 Å². The smallest absolute Gasteiger partial charge is 0.236 e. The first-order chi connectivity index (χ1) is 9.19. The second kappa shape index (κ2) is 9.61. The molecule has 0 radical (unpaired) electrons. The maximum atomic E-state index is 11.9. The predicted octanol–water partition coefficient (Wildman–Crippen LogP) is 1.79. The van der Waals surface area contributed by atoms with Crippen LogP contribution >= 0.6 is 11.8 Å². The van der Waals surface area contributed by atoms with Gasteiger partial charge in [-0.1, -0.05) is 13.3 Å².